The molecule has 5 heteroatoms. The molecule has 0 radical (unpaired) electrons. The first-order valence-corrected chi connectivity index (χ1v) is 6.85. The number of anilines is 1. The summed E-state index contributed by atoms with van der Waals surface area (Å²) in [5, 5.41) is 8.53. The van der Waals surface area contributed by atoms with E-state index in [0.717, 1.165) is 15.2 Å². The number of aromatic nitrogens is 1. The lowest BCUT2D eigenvalue weighted by molar-refractivity contribution is 0.102. The van der Waals surface area contributed by atoms with Crippen LogP contribution in [0.25, 0.3) is 10.8 Å². The molecule has 2 aromatic carbocycles. The lowest BCUT2D eigenvalue weighted by Crippen LogP contribution is -2.11. The van der Waals surface area contributed by atoms with Crippen molar-refractivity contribution in [3.8, 4) is 0 Å². The number of amides is 1. The Kier molecular flexibility index (Phi) is 3.28. The summed E-state index contributed by atoms with van der Waals surface area (Å²) in [7, 11) is 0. The molecule has 3 rings (SSSR count). The van der Waals surface area contributed by atoms with E-state index in [4.69, 9.17) is 4.52 Å². The molecule has 0 unspecified atom stereocenters. The van der Waals surface area contributed by atoms with E-state index in [9.17, 15) is 4.79 Å². The molecule has 1 amide bonds. The second-order valence-corrected chi connectivity index (χ2v) is 5.40. The van der Waals surface area contributed by atoms with Gasteiger partial charge in [-0.2, -0.15) is 0 Å². The molecule has 0 atom stereocenters. The topological polar surface area (TPSA) is 55.1 Å². The van der Waals surface area contributed by atoms with Crippen molar-refractivity contribution in [2.75, 3.05) is 5.32 Å². The maximum atomic E-state index is 12.1. The van der Waals surface area contributed by atoms with Gasteiger partial charge in [0.25, 0.3) is 5.91 Å². The predicted molar refractivity (Wildman–Crippen MR) is 80.8 cm³/mol. The van der Waals surface area contributed by atoms with Gasteiger partial charge in [-0.15, -0.1) is 0 Å². The van der Waals surface area contributed by atoms with Crippen LogP contribution >= 0.6 is 15.9 Å². The van der Waals surface area contributed by atoms with Gasteiger partial charge in [0.2, 0.25) is 0 Å². The fourth-order valence-electron chi connectivity index (χ4n) is 1.97. The van der Waals surface area contributed by atoms with Gasteiger partial charge in [0.05, 0.1) is 0 Å². The van der Waals surface area contributed by atoms with E-state index in [1.54, 1.807) is 19.1 Å². The Hall–Kier alpha value is -2.14. The molecule has 0 aliphatic carbocycles. The Morgan fingerprint density at radius 2 is 1.90 bits per heavy atom. The van der Waals surface area contributed by atoms with Gasteiger partial charge < -0.3 is 9.84 Å². The van der Waals surface area contributed by atoms with E-state index in [-0.39, 0.29) is 5.91 Å². The highest BCUT2D eigenvalue weighted by molar-refractivity contribution is 9.10. The Morgan fingerprint density at radius 3 is 2.65 bits per heavy atom. The molecule has 1 N–H and O–H groups in total. The lowest BCUT2D eigenvalue weighted by atomic mass is 10.1. The van der Waals surface area contributed by atoms with Crippen LogP contribution in [0.3, 0.4) is 0 Å². The molecule has 0 aliphatic rings. The Morgan fingerprint density at radius 1 is 1.15 bits per heavy atom. The molecule has 0 fully saturated rings. The van der Waals surface area contributed by atoms with Crippen molar-refractivity contribution in [2.24, 2.45) is 0 Å². The number of fused-ring (bicyclic) bond motifs is 1. The summed E-state index contributed by atoms with van der Waals surface area (Å²) in [4.78, 5) is 12.1. The smallest absolute Gasteiger partial charge is 0.256 e. The van der Waals surface area contributed by atoms with Crippen molar-refractivity contribution in [3.05, 3.63) is 58.3 Å². The second kappa shape index (κ2) is 5.09. The van der Waals surface area contributed by atoms with Crippen molar-refractivity contribution in [1.29, 1.82) is 0 Å². The molecular formula is C15H11BrN2O2. The Balaban J connectivity index is 1.89. The fourth-order valence-corrected chi connectivity index (χ4v) is 2.35. The van der Waals surface area contributed by atoms with E-state index in [0.29, 0.717) is 17.1 Å². The van der Waals surface area contributed by atoms with E-state index in [2.05, 4.69) is 26.4 Å². The number of carbonyl (C=O) groups excluding carboxylic acids is 1. The van der Waals surface area contributed by atoms with Gasteiger partial charge in [-0.25, -0.2) is 0 Å². The van der Waals surface area contributed by atoms with Crippen LogP contribution in [0.4, 0.5) is 5.82 Å². The van der Waals surface area contributed by atoms with Crippen molar-refractivity contribution in [2.45, 2.75) is 6.92 Å². The molecule has 0 bridgehead atoms. The number of carbonyl (C=O) groups is 1. The molecule has 3 aromatic rings. The number of hydrogen-bond acceptors (Lipinski definition) is 3. The minimum absolute atomic E-state index is 0.205. The highest BCUT2D eigenvalue weighted by atomic mass is 79.9. The van der Waals surface area contributed by atoms with Gasteiger partial charge in [-0.3, -0.25) is 4.79 Å². The van der Waals surface area contributed by atoms with Crippen LogP contribution in [0.5, 0.6) is 0 Å². The molecule has 1 aromatic heterocycles. The van der Waals surface area contributed by atoms with Gasteiger partial charge in [0, 0.05) is 16.1 Å². The average molecular weight is 331 g/mol. The van der Waals surface area contributed by atoms with E-state index in [1.807, 2.05) is 30.3 Å². The molecule has 4 nitrogen and oxygen atoms in total. The van der Waals surface area contributed by atoms with Crippen LogP contribution in [0.2, 0.25) is 0 Å². The van der Waals surface area contributed by atoms with Gasteiger partial charge in [0.15, 0.2) is 5.82 Å². The maximum Gasteiger partial charge on any atom is 0.256 e. The summed E-state index contributed by atoms with van der Waals surface area (Å²) in [5.41, 5.74) is 0.584. The molecular weight excluding hydrogens is 320 g/mol. The summed E-state index contributed by atoms with van der Waals surface area (Å²) in [6.45, 7) is 1.77. The summed E-state index contributed by atoms with van der Waals surface area (Å²) in [6, 6.07) is 13.2. The normalized spacial score (nSPS) is 10.7. The minimum Gasteiger partial charge on any atom is -0.360 e. The summed E-state index contributed by atoms with van der Waals surface area (Å²) in [5.74, 6) is 0.871. The summed E-state index contributed by atoms with van der Waals surface area (Å²) in [6.07, 6.45) is 0. The number of hydrogen-bond donors (Lipinski definition) is 1. The molecule has 100 valence electrons. The molecule has 1 heterocycles. The zero-order chi connectivity index (χ0) is 14.1. The van der Waals surface area contributed by atoms with Crippen LogP contribution in [-0.4, -0.2) is 11.1 Å². The predicted octanol–water partition coefficient (Wildman–Crippen LogP) is 4.15. The van der Waals surface area contributed by atoms with Crippen LogP contribution in [-0.2, 0) is 0 Å². The van der Waals surface area contributed by atoms with Crippen LogP contribution in [0.1, 0.15) is 16.1 Å². The number of rotatable bonds is 2. The molecule has 20 heavy (non-hydrogen) atoms. The molecule has 0 saturated carbocycles. The van der Waals surface area contributed by atoms with Crippen LogP contribution in [0, 0.1) is 6.92 Å². The largest absolute Gasteiger partial charge is 0.360 e. The quantitative estimate of drug-likeness (QED) is 0.767. The molecule has 0 saturated heterocycles. The van der Waals surface area contributed by atoms with Gasteiger partial charge in [0.1, 0.15) is 5.76 Å². The average Bonchev–Trinajstić information content (AvgIpc) is 2.83. The standard InChI is InChI=1S/C15H11BrN2O2/c1-9-6-14(18-20-9)17-15(19)12-3-2-11-8-13(16)5-4-10(11)7-12/h2-8H,1H3,(H,17,18,19). The van der Waals surface area contributed by atoms with Crippen molar-refractivity contribution in [1.82, 2.24) is 5.16 Å². The zero-order valence-electron chi connectivity index (χ0n) is 10.7. The number of halogens is 1. The highest BCUT2D eigenvalue weighted by Crippen LogP contribution is 2.21. The molecule has 0 aliphatic heterocycles. The third kappa shape index (κ3) is 2.58. The van der Waals surface area contributed by atoms with E-state index < -0.39 is 0 Å². The van der Waals surface area contributed by atoms with E-state index in [1.165, 1.54) is 0 Å². The fraction of sp³-hybridized carbons (Fsp3) is 0.0667. The third-order valence-corrected chi connectivity index (χ3v) is 3.43. The second-order valence-electron chi connectivity index (χ2n) is 4.48. The minimum atomic E-state index is -0.205. The monoisotopic (exact) mass is 330 g/mol. The SMILES string of the molecule is Cc1cc(NC(=O)c2ccc3cc(Br)ccc3c2)no1. The zero-order valence-corrected chi connectivity index (χ0v) is 12.3. The van der Waals surface area contributed by atoms with Crippen LogP contribution in [0.15, 0.2) is 51.5 Å². The first-order chi connectivity index (χ1) is 9.61. The van der Waals surface area contributed by atoms with Gasteiger partial charge >= 0.3 is 0 Å². The number of nitrogens with one attached hydrogen (secondary N) is 1. The first-order valence-electron chi connectivity index (χ1n) is 6.06. The Bertz CT molecular complexity index is 795. The summed E-state index contributed by atoms with van der Waals surface area (Å²) >= 11 is 3.43. The van der Waals surface area contributed by atoms with Gasteiger partial charge in [-0.05, 0) is 42.0 Å². The number of nitrogens with zero attached hydrogens (tertiary/aromatic N) is 1. The van der Waals surface area contributed by atoms with Gasteiger partial charge in [-0.1, -0.05) is 33.2 Å². The van der Waals surface area contributed by atoms with Crippen molar-refractivity contribution >= 4 is 38.4 Å². The Labute approximate surface area is 123 Å². The van der Waals surface area contributed by atoms with Crippen molar-refractivity contribution in [3.63, 3.8) is 0 Å². The first kappa shape index (κ1) is 12.9. The maximum absolute atomic E-state index is 12.1. The van der Waals surface area contributed by atoms with E-state index >= 15 is 0 Å². The third-order valence-electron chi connectivity index (χ3n) is 2.93. The number of benzene rings is 2. The molecule has 0 spiro atoms. The summed E-state index contributed by atoms with van der Waals surface area (Å²) < 4.78 is 5.93. The lowest BCUT2D eigenvalue weighted by Gasteiger charge is -2.04. The van der Waals surface area contributed by atoms with Crippen molar-refractivity contribution < 1.29 is 9.32 Å². The van der Waals surface area contributed by atoms with Crippen LogP contribution < -0.4 is 5.32 Å². The number of aryl methyl sites for hydroxylation is 1. The highest BCUT2D eigenvalue weighted by Gasteiger charge is 2.09.